The first kappa shape index (κ1) is 19.9. The summed E-state index contributed by atoms with van der Waals surface area (Å²) in [5.74, 6) is -0.178. The van der Waals surface area contributed by atoms with E-state index in [1.165, 1.54) is 11.3 Å². The number of amides is 3. The Labute approximate surface area is 172 Å². The number of urea groups is 1. The van der Waals surface area contributed by atoms with Gasteiger partial charge in [0.15, 0.2) is 0 Å². The van der Waals surface area contributed by atoms with Gasteiger partial charge < -0.3 is 15.5 Å². The maximum atomic E-state index is 12.6. The van der Waals surface area contributed by atoms with Crippen molar-refractivity contribution in [1.29, 1.82) is 0 Å². The van der Waals surface area contributed by atoms with Crippen LogP contribution in [-0.2, 0) is 0 Å². The molecule has 0 bridgehead atoms. The molecule has 0 aliphatic rings. The Balaban J connectivity index is 1.67. The highest BCUT2D eigenvalue weighted by Crippen LogP contribution is 2.27. The molecule has 0 saturated heterocycles. The molecule has 2 aromatic carbocycles. The Morgan fingerprint density at radius 1 is 1.00 bits per heavy atom. The second kappa shape index (κ2) is 8.91. The zero-order chi connectivity index (χ0) is 20.1. The van der Waals surface area contributed by atoms with Gasteiger partial charge in [0.2, 0.25) is 0 Å². The van der Waals surface area contributed by atoms with E-state index in [0.29, 0.717) is 21.3 Å². The molecule has 1 atom stereocenters. The van der Waals surface area contributed by atoms with E-state index in [1.807, 2.05) is 36.6 Å². The molecule has 144 valence electrons. The van der Waals surface area contributed by atoms with Crippen molar-refractivity contribution in [2.45, 2.75) is 13.0 Å². The Hall–Kier alpha value is -2.83. The molecule has 1 unspecified atom stereocenters. The summed E-state index contributed by atoms with van der Waals surface area (Å²) in [7, 11) is 1.71. The molecule has 1 heterocycles. The average molecular weight is 414 g/mol. The maximum Gasteiger partial charge on any atom is 0.322 e. The van der Waals surface area contributed by atoms with Crippen molar-refractivity contribution >= 4 is 46.3 Å². The zero-order valence-corrected chi connectivity index (χ0v) is 17.1. The summed E-state index contributed by atoms with van der Waals surface area (Å²) in [5, 5.41) is 8.16. The SMILES string of the molecule is CC(c1ccccc1Cl)N(C)C(=O)Nc1cccc(NC(=O)c2cccs2)c1. The summed E-state index contributed by atoms with van der Waals surface area (Å²) in [6.07, 6.45) is 0. The lowest BCUT2D eigenvalue weighted by atomic mass is 10.1. The van der Waals surface area contributed by atoms with Crippen molar-refractivity contribution in [2.24, 2.45) is 0 Å². The molecule has 1 aromatic heterocycles. The minimum atomic E-state index is -0.269. The zero-order valence-electron chi connectivity index (χ0n) is 15.5. The molecule has 3 amide bonds. The van der Waals surface area contributed by atoms with Gasteiger partial charge in [0.1, 0.15) is 0 Å². The highest BCUT2D eigenvalue weighted by atomic mass is 35.5. The summed E-state index contributed by atoms with van der Waals surface area (Å²) < 4.78 is 0. The van der Waals surface area contributed by atoms with Gasteiger partial charge in [0, 0.05) is 23.4 Å². The van der Waals surface area contributed by atoms with Crippen LogP contribution in [0.4, 0.5) is 16.2 Å². The highest BCUT2D eigenvalue weighted by Gasteiger charge is 2.19. The molecule has 0 spiro atoms. The number of halogens is 1. The molecule has 28 heavy (non-hydrogen) atoms. The van der Waals surface area contributed by atoms with E-state index >= 15 is 0 Å². The molecular weight excluding hydrogens is 394 g/mol. The molecule has 3 aromatic rings. The predicted molar refractivity (Wildman–Crippen MR) is 115 cm³/mol. The minimum Gasteiger partial charge on any atom is -0.321 e. The lowest BCUT2D eigenvalue weighted by molar-refractivity contribution is 0.103. The van der Waals surface area contributed by atoms with Gasteiger partial charge in [0.25, 0.3) is 5.91 Å². The molecule has 3 rings (SSSR count). The van der Waals surface area contributed by atoms with Crippen LogP contribution in [0.5, 0.6) is 0 Å². The summed E-state index contributed by atoms with van der Waals surface area (Å²) in [6, 6.07) is 17.6. The number of rotatable bonds is 5. The predicted octanol–water partition coefficient (Wildman–Crippen LogP) is 5.88. The third kappa shape index (κ3) is 4.71. The van der Waals surface area contributed by atoms with Gasteiger partial charge in [0.05, 0.1) is 10.9 Å². The third-order valence-electron chi connectivity index (χ3n) is 4.37. The van der Waals surface area contributed by atoms with Crippen LogP contribution in [0.3, 0.4) is 0 Å². The van der Waals surface area contributed by atoms with Crippen LogP contribution in [0.1, 0.15) is 28.2 Å². The number of thiophene rings is 1. The van der Waals surface area contributed by atoms with Gasteiger partial charge >= 0.3 is 6.03 Å². The van der Waals surface area contributed by atoms with Gasteiger partial charge in [-0.3, -0.25) is 4.79 Å². The number of hydrogen-bond acceptors (Lipinski definition) is 3. The van der Waals surface area contributed by atoms with Gasteiger partial charge in [-0.05, 0) is 48.2 Å². The van der Waals surface area contributed by atoms with E-state index in [9.17, 15) is 9.59 Å². The smallest absolute Gasteiger partial charge is 0.321 e. The van der Waals surface area contributed by atoms with E-state index in [1.54, 1.807) is 48.3 Å². The molecule has 0 radical (unpaired) electrons. The van der Waals surface area contributed by atoms with E-state index in [2.05, 4.69) is 10.6 Å². The first-order chi connectivity index (χ1) is 13.5. The molecule has 0 aliphatic heterocycles. The number of hydrogen-bond donors (Lipinski definition) is 2. The topological polar surface area (TPSA) is 61.4 Å². The highest BCUT2D eigenvalue weighted by molar-refractivity contribution is 7.12. The van der Waals surface area contributed by atoms with Crippen molar-refractivity contribution in [2.75, 3.05) is 17.7 Å². The molecule has 0 fully saturated rings. The Kier molecular flexibility index (Phi) is 6.34. The van der Waals surface area contributed by atoms with Gasteiger partial charge in [-0.15, -0.1) is 11.3 Å². The van der Waals surface area contributed by atoms with E-state index < -0.39 is 0 Å². The molecule has 5 nitrogen and oxygen atoms in total. The number of carbonyl (C=O) groups is 2. The second-order valence-corrected chi connectivity index (χ2v) is 7.61. The van der Waals surface area contributed by atoms with Crippen LogP contribution in [0.2, 0.25) is 5.02 Å². The van der Waals surface area contributed by atoms with Crippen LogP contribution in [0.25, 0.3) is 0 Å². The number of nitrogens with zero attached hydrogens (tertiary/aromatic N) is 1. The molecule has 7 heteroatoms. The Morgan fingerprint density at radius 2 is 1.71 bits per heavy atom. The van der Waals surface area contributed by atoms with E-state index in [0.717, 1.165) is 5.56 Å². The maximum absolute atomic E-state index is 12.6. The fraction of sp³-hybridized carbons (Fsp3) is 0.143. The van der Waals surface area contributed by atoms with Crippen molar-refractivity contribution in [3.8, 4) is 0 Å². The van der Waals surface area contributed by atoms with Crippen LogP contribution < -0.4 is 10.6 Å². The monoisotopic (exact) mass is 413 g/mol. The number of anilines is 2. The number of carbonyl (C=O) groups excluding carboxylic acids is 2. The summed E-state index contributed by atoms with van der Waals surface area (Å²) >= 11 is 7.61. The van der Waals surface area contributed by atoms with Crippen LogP contribution in [-0.4, -0.2) is 23.9 Å². The summed E-state index contributed by atoms with van der Waals surface area (Å²) in [5.41, 5.74) is 2.07. The van der Waals surface area contributed by atoms with Gasteiger partial charge in [-0.1, -0.05) is 41.9 Å². The number of nitrogens with one attached hydrogen (secondary N) is 2. The average Bonchev–Trinajstić information content (AvgIpc) is 3.22. The Bertz CT molecular complexity index is 975. The molecular formula is C21H20ClN3O2S. The van der Waals surface area contributed by atoms with E-state index in [-0.39, 0.29) is 18.0 Å². The third-order valence-corrected chi connectivity index (χ3v) is 5.59. The van der Waals surface area contributed by atoms with E-state index in [4.69, 9.17) is 11.6 Å². The number of benzene rings is 2. The van der Waals surface area contributed by atoms with Crippen molar-refractivity contribution in [1.82, 2.24) is 4.90 Å². The van der Waals surface area contributed by atoms with Crippen molar-refractivity contribution < 1.29 is 9.59 Å². The first-order valence-electron chi connectivity index (χ1n) is 8.69. The largest absolute Gasteiger partial charge is 0.322 e. The first-order valence-corrected chi connectivity index (χ1v) is 9.94. The van der Waals surface area contributed by atoms with Crippen LogP contribution in [0, 0.1) is 0 Å². The van der Waals surface area contributed by atoms with Crippen molar-refractivity contribution in [3.63, 3.8) is 0 Å². The quantitative estimate of drug-likeness (QED) is 0.548. The molecule has 2 N–H and O–H groups in total. The standard InChI is InChI=1S/C21H20ClN3O2S/c1-14(17-9-3-4-10-18(17)22)25(2)21(27)24-16-8-5-7-15(13-16)23-20(26)19-11-6-12-28-19/h3-14H,1-2H3,(H,23,26)(H,24,27). The minimum absolute atomic E-state index is 0.178. The molecule has 0 aliphatic carbocycles. The lowest BCUT2D eigenvalue weighted by Gasteiger charge is -2.26. The Morgan fingerprint density at radius 3 is 2.39 bits per heavy atom. The second-order valence-electron chi connectivity index (χ2n) is 6.25. The fourth-order valence-corrected chi connectivity index (χ4v) is 3.60. The molecule has 0 saturated carbocycles. The summed E-state index contributed by atoms with van der Waals surface area (Å²) in [6.45, 7) is 1.92. The van der Waals surface area contributed by atoms with Gasteiger partial charge in [-0.2, -0.15) is 0 Å². The van der Waals surface area contributed by atoms with Gasteiger partial charge in [-0.25, -0.2) is 4.79 Å². The lowest BCUT2D eigenvalue weighted by Crippen LogP contribution is -2.33. The van der Waals surface area contributed by atoms with Crippen LogP contribution in [0.15, 0.2) is 66.0 Å². The summed E-state index contributed by atoms with van der Waals surface area (Å²) in [4.78, 5) is 27.0. The van der Waals surface area contributed by atoms with Crippen LogP contribution >= 0.6 is 22.9 Å². The fourth-order valence-electron chi connectivity index (χ4n) is 2.69. The van der Waals surface area contributed by atoms with Crippen molar-refractivity contribution in [3.05, 3.63) is 81.5 Å². The normalized spacial score (nSPS) is 11.5.